The number of likely N-dealkylation sites (tertiary alicyclic amines) is 1. The molecule has 8 heteroatoms. The molecule has 0 spiro atoms. The number of nitrogens with one attached hydrogen (secondary N) is 1. The number of hydrogen-bond acceptors (Lipinski definition) is 5. The van der Waals surface area contributed by atoms with Crippen LogP contribution in [0.2, 0.25) is 0 Å². The molecule has 8 nitrogen and oxygen atoms in total. The molecule has 0 bridgehead atoms. The number of carbonyl (C=O) groups excluding carboxylic acids is 1. The summed E-state index contributed by atoms with van der Waals surface area (Å²) in [7, 11) is 1.73. The summed E-state index contributed by atoms with van der Waals surface area (Å²) >= 11 is 0. The van der Waals surface area contributed by atoms with Crippen molar-refractivity contribution in [2.45, 2.75) is 39.3 Å². The molecule has 1 atom stereocenters. The number of aryl methyl sites for hydroxylation is 1. The Bertz CT molecular complexity index is 803. The van der Waals surface area contributed by atoms with E-state index in [9.17, 15) is 9.59 Å². The lowest BCUT2D eigenvalue weighted by atomic mass is 9.98. The monoisotopic (exact) mass is 346 g/mol. The fourth-order valence-corrected chi connectivity index (χ4v) is 3.25. The van der Waals surface area contributed by atoms with E-state index in [0.29, 0.717) is 23.6 Å². The van der Waals surface area contributed by atoms with Crippen LogP contribution in [-0.2, 0) is 18.4 Å². The first-order chi connectivity index (χ1) is 12.0. The van der Waals surface area contributed by atoms with Gasteiger partial charge < -0.3 is 5.32 Å². The fraction of sp³-hybridized carbons (Fsp3) is 0.647. The third-order valence-corrected chi connectivity index (χ3v) is 5.07. The Morgan fingerprint density at radius 3 is 2.84 bits per heavy atom. The second-order valence-corrected chi connectivity index (χ2v) is 7.05. The van der Waals surface area contributed by atoms with E-state index in [0.717, 1.165) is 19.0 Å². The van der Waals surface area contributed by atoms with Crippen LogP contribution in [-0.4, -0.2) is 55.8 Å². The molecule has 2 aromatic heterocycles. The van der Waals surface area contributed by atoms with Crippen LogP contribution in [0.4, 0.5) is 0 Å². The van der Waals surface area contributed by atoms with Crippen LogP contribution in [0.5, 0.6) is 0 Å². The molecule has 1 N–H and O–H groups in total. The molecule has 1 aliphatic rings. The number of amides is 1. The van der Waals surface area contributed by atoms with E-state index in [1.807, 2.05) is 0 Å². The van der Waals surface area contributed by atoms with Gasteiger partial charge in [-0.25, -0.2) is 4.98 Å². The summed E-state index contributed by atoms with van der Waals surface area (Å²) in [6.07, 6.45) is 5.31. The van der Waals surface area contributed by atoms with Crippen molar-refractivity contribution in [2.75, 3.05) is 19.6 Å². The van der Waals surface area contributed by atoms with Crippen LogP contribution in [0.25, 0.3) is 11.0 Å². The molecule has 1 saturated heterocycles. The molecule has 0 saturated carbocycles. The van der Waals surface area contributed by atoms with Gasteiger partial charge in [0.1, 0.15) is 18.3 Å². The van der Waals surface area contributed by atoms with Gasteiger partial charge in [0.15, 0.2) is 5.65 Å². The average Bonchev–Trinajstić information content (AvgIpc) is 2.98. The molecule has 1 aliphatic heterocycles. The largest absolute Gasteiger partial charge is 0.353 e. The number of hydrogen-bond donors (Lipinski definition) is 1. The maximum Gasteiger partial charge on any atom is 0.264 e. The molecule has 1 fully saturated rings. The lowest BCUT2D eigenvalue weighted by molar-refractivity contribution is -0.122. The zero-order valence-electron chi connectivity index (χ0n) is 15.1. The van der Waals surface area contributed by atoms with Gasteiger partial charge in [-0.1, -0.05) is 6.92 Å². The zero-order valence-corrected chi connectivity index (χ0v) is 15.1. The van der Waals surface area contributed by atoms with E-state index in [1.54, 1.807) is 11.7 Å². The smallest absolute Gasteiger partial charge is 0.264 e. The second-order valence-electron chi connectivity index (χ2n) is 7.05. The normalized spacial score (nSPS) is 17.7. The predicted molar refractivity (Wildman–Crippen MR) is 95.2 cm³/mol. The number of fused-ring (bicyclic) bond motifs is 1. The number of nitrogens with zero attached hydrogens (tertiary/aromatic N) is 5. The fourth-order valence-electron chi connectivity index (χ4n) is 3.25. The van der Waals surface area contributed by atoms with E-state index < -0.39 is 0 Å². The molecule has 3 rings (SSSR count). The lowest BCUT2D eigenvalue weighted by Gasteiger charge is -2.35. The summed E-state index contributed by atoms with van der Waals surface area (Å²) in [5.41, 5.74) is 0.279. The van der Waals surface area contributed by atoms with Crippen molar-refractivity contribution in [1.82, 2.24) is 29.5 Å². The van der Waals surface area contributed by atoms with Gasteiger partial charge in [0.2, 0.25) is 5.91 Å². The molecule has 0 aromatic carbocycles. The highest BCUT2D eigenvalue weighted by Crippen LogP contribution is 2.17. The van der Waals surface area contributed by atoms with Gasteiger partial charge in [-0.2, -0.15) is 5.10 Å². The standard InChI is InChI=1S/C17H26N6O2/c1-12-4-6-22(7-5-12)13(2)8-18-15(24)10-23-11-19-16-14(17(23)25)9-20-21(16)3/h9,11-13H,4-8,10H2,1-3H3,(H,18,24)/t13-/m1/s1. The highest BCUT2D eigenvalue weighted by molar-refractivity contribution is 5.77. The van der Waals surface area contributed by atoms with Crippen molar-refractivity contribution in [3.63, 3.8) is 0 Å². The molecule has 0 aliphatic carbocycles. The molecule has 0 radical (unpaired) electrons. The number of piperidine rings is 1. The number of carbonyl (C=O) groups is 1. The van der Waals surface area contributed by atoms with Crippen molar-refractivity contribution in [2.24, 2.45) is 13.0 Å². The van der Waals surface area contributed by atoms with Crippen LogP contribution >= 0.6 is 0 Å². The minimum Gasteiger partial charge on any atom is -0.353 e. The molecule has 25 heavy (non-hydrogen) atoms. The Hall–Kier alpha value is -2.22. The van der Waals surface area contributed by atoms with Crippen molar-refractivity contribution in [3.8, 4) is 0 Å². The molecular formula is C17H26N6O2. The summed E-state index contributed by atoms with van der Waals surface area (Å²) in [5.74, 6) is 0.615. The summed E-state index contributed by atoms with van der Waals surface area (Å²) in [6, 6.07) is 0.298. The SMILES string of the molecule is CC1CCN([C@H](C)CNC(=O)Cn2cnc3c(cnn3C)c2=O)CC1. The summed E-state index contributed by atoms with van der Waals surface area (Å²) in [5, 5.41) is 7.38. The summed E-state index contributed by atoms with van der Waals surface area (Å²) < 4.78 is 2.87. The van der Waals surface area contributed by atoms with Crippen molar-refractivity contribution in [1.29, 1.82) is 0 Å². The van der Waals surface area contributed by atoms with Crippen molar-refractivity contribution in [3.05, 3.63) is 22.9 Å². The number of rotatable bonds is 5. The minimum absolute atomic E-state index is 0.0274. The second kappa shape index (κ2) is 7.35. The van der Waals surface area contributed by atoms with Crippen LogP contribution in [0, 0.1) is 5.92 Å². The lowest BCUT2D eigenvalue weighted by Crippen LogP contribution is -2.46. The van der Waals surface area contributed by atoms with Crippen molar-refractivity contribution >= 4 is 16.9 Å². The molecule has 1 amide bonds. The first-order valence-corrected chi connectivity index (χ1v) is 8.83. The molecule has 0 unspecified atom stereocenters. The molecule has 136 valence electrons. The zero-order chi connectivity index (χ0) is 18.0. The summed E-state index contributed by atoms with van der Waals surface area (Å²) in [4.78, 5) is 31.2. The van der Waals surface area contributed by atoms with Gasteiger partial charge >= 0.3 is 0 Å². The van der Waals surface area contributed by atoms with Gasteiger partial charge in [-0.05, 0) is 38.8 Å². The third-order valence-electron chi connectivity index (χ3n) is 5.07. The van der Waals surface area contributed by atoms with Crippen molar-refractivity contribution < 1.29 is 4.79 Å². The first kappa shape index (κ1) is 17.6. The van der Waals surface area contributed by atoms with Crippen LogP contribution in [0.1, 0.15) is 26.7 Å². The highest BCUT2D eigenvalue weighted by Gasteiger charge is 2.20. The first-order valence-electron chi connectivity index (χ1n) is 8.83. The minimum atomic E-state index is -0.244. The highest BCUT2D eigenvalue weighted by atomic mass is 16.2. The van der Waals surface area contributed by atoms with Crippen LogP contribution in [0.3, 0.4) is 0 Å². The number of aromatic nitrogens is 4. The van der Waals surface area contributed by atoms with E-state index in [1.165, 1.54) is 29.9 Å². The molecular weight excluding hydrogens is 320 g/mol. The van der Waals surface area contributed by atoms with Crippen LogP contribution in [0.15, 0.2) is 17.3 Å². The Morgan fingerprint density at radius 2 is 2.12 bits per heavy atom. The topological polar surface area (TPSA) is 85.1 Å². The Balaban J connectivity index is 1.56. The van der Waals surface area contributed by atoms with E-state index in [4.69, 9.17) is 0 Å². The predicted octanol–water partition coefficient (Wildman–Crippen LogP) is 0.367. The Kier molecular flexibility index (Phi) is 5.17. The van der Waals surface area contributed by atoms with Gasteiger partial charge in [0.25, 0.3) is 5.56 Å². The third kappa shape index (κ3) is 3.89. The van der Waals surface area contributed by atoms with Gasteiger partial charge in [0.05, 0.1) is 6.20 Å². The van der Waals surface area contributed by atoms with Crippen LogP contribution < -0.4 is 10.9 Å². The van der Waals surface area contributed by atoms with E-state index in [2.05, 4.69) is 34.1 Å². The van der Waals surface area contributed by atoms with Gasteiger partial charge in [0, 0.05) is 19.6 Å². The van der Waals surface area contributed by atoms with E-state index >= 15 is 0 Å². The quantitative estimate of drug-likeness (QED) is 0.845. The molecule has 2 aromatic rings. The molecule has 3 heterocycles. The van der Waals surface area contributed by atoms with Gasteiger partial charge in [-0.3, -0.25) is 23.7 Å². The van der Waals surface area contributed by atoms with E-state index in [-0.39, 0.29) is 18.0 Å². The average molecular weight is 346 g/mol. The maximum atomic E-state index is 12.4. The summed E-state index contributed by atoms with van der Waals surface area (Å²) in [6.45, 7) is 7.14. The maximum absolute atomic E-state index is 12.4. The van der Waals surface area contributed by atoms with Gasteiger partial charge in [-0.15, -0.1) is 0 Å². The Morgan fingerprint density at radius 1 is 1.40 bits per heavy atom. The Labute approximate surface area is 146 Å².